The van der Waals surface area contributed by atoms with Gasteiger partial charge in [0, 0.05) is 13.1 Å². The Hall–Kier alpha value is -0.840. The molecule has 1 aromatic heterocycles. The molecular weight excluding hydrogens is 278 g/mol. The largest absolute Gasteiger partial charge is 0.331 e. The van der Waals surface area contributed by atoms with Crippen LogP contribution in [-0.4, -0.2) is 34.1 Å². The summed E-state index contributed by atoms with van der Waals surface area (Å²) in [6, 6.07) is 5.91. The summed E-state index contributed by atoms with van der Waals surface area (Å²) in [4.78, 5) is 5.74. The highest BCUT2D eigenvalue weighted by atomic mass is 35.5. The molecule has 1 aliphatic rings. The molecule has 0 amide bonds. The minimum absolute atomic E-state index is 0.668. The summed E-state index contributed by atoms with van der Waals surface area (Å²) in [5.74, 6) is 0.668. The van der Waals surface area contributed by atoms with Crippen molar-refractivity contribution in [3.05, 3.63) is 28.0 Å². The molecule has 1 unspecified atom stereocenters. The Morgan fingerprint density at radius 2 is 2.32 bits per heavy atom. The zero-order valence-electron chi connectivity index (χ0n) is 11.0. The van der Waals surface area contributed by atoms with Gasteiger partial charge < -0.3 is 14.5 Å². The molecule has 0 bridgehead atoms. The third-order valence-electron chi connectivity index (χ3n) is 4.00. The van der Waals surface area contributed by atoms with Crippen molar-refractivity contribution in [2.75, 3.05) is 19.6 Å². The Kier molecular flexibility index (Phi) is 3.65. The van der Waals surface area contributed by atoms with Crippen molar-refractivity contribution in [1.82, 2.24) is 14.5 Å². The molecule has 1 atom stereocenters. The highest BCUT2D eigenvalue weighted by Gasteiger charge is 2.22. The van der Waals surface area contributed by atoms with E-state index >= 15 is 0 Å². The molecule has 5 heteroatoms. The smallest absolute Gasteiger partial charge is 0.178 e. The zero-order valence-corrected chi connectivity index (χ0v) is 12.6. The van der Waals surface area contributed by atoms with Crippen LogP contribution in [0.5, 0.6) is 0 Å². The number of rotatable bonds is 3. The molecule has 1 aromatic carbocycles. The van der Waals surface area contributed by atoms with Gasteiger partial charge in [-0.1, -0.05) is 24.6 Å². The number of imidazole rings is 1. The van der Waals surface area contributed by atoms with Crippen molar-refractivity contribution in [1.29, 1.82) is 0 Å². The number of benzene rings is 1. The Morgan fingerprint density at radius 1 is 1.47 bits per heavy atom. The van der Waals surface area contributed by atoms with E-state index in [4.69, 9.17) is 23.8 Å². The maximum absolute atomic E-state index is 6.32. The van der Waals surface area contributed by atoms with Gasteiger partial charge in [0.15, 0.2) is 4.77 Å². The van der Waals surface area contributed by atoms with Crippen LogP contribution in [0.25, 0.3) is 11.0 Å². The number of aromatic nitrogens is 2. The van der Waals surface area contributed by atoms with Gasteiger partial charge in [0.1, 0.15) is 0 Å². The van der Waals surface area contributed by atoms with E-state index in [0.29, 0.717) is 5.92 Å². The fraction of sp³-hybridized carbons (Fsp3) is 0.500. The number of para-hydroxylation sites is 1. The van der Waals surface area contributed by atoms with Crippen LogP contribution < -0.4 is 0 Å². The van der Waals surface area contributed by atoms with Gasteiger partial charge in [0.2, 0.25) is 0 Å². The molecule has 2 heterocycles. The molecule has 0 saturated carbocycles. The maximum Gasteiger partial charge on any atom is 0.178 e. The Labute approximate surface area is 123 Å². The van der Waals surface area contributed by atoms with Gasteiger partial charge in [0.05, 0.1) is 16.1 Å². The number of likely N-dealkylation sites (tertiary alicyclic amines) is 1. The van der Waals surface area contributed by atoms with Crippen LogP contribution in [0, 0.1) is 10.7 Å². The molecule has 1 aliphatic heterocycles. The molecule has 1 fully saturated rings. The number of nitrogens with one attached hydrogen (secondary N) is 1. The highest BCUT2D eigenvalue weighted by molar-refractivity contribution is 7.71. The summed E-state index contributed by atoms with van der Waals surface area (Å²) in [7, 11) is 0. The van der Waals surface area contributed by atoms with Crippen LogP contribution in [0.3, 0.4) is 0 Å². The second-order valence-electron chi connectivity index (χ2n) is 5.22. The van der Waals surface area contributed by atoms with E-state index in [1.807, 2.05) is 18.2 Å². The Bertz CT molecular complexity index is 646. The lowest BCUT2D eigenvalue weighted by Crippen LogP contribution is -2.21. The summed E-state index contributed by atoms with van der Waals surface area (Å²) in [5.41, 5.74) is 2.08. The molecule has 3 nitrogen and oxygen atoms in total. The Balaban J connectivity index is 1.93. The van der Waals surface area contributed by atoms with Crippen molar-refractivity contribution >= 4 is 34.9 Å². The number of fused-ring (bicyclic) bond motifs is 1. The van der Waals surface area contributed by atoms with Gasteiger partial charge in [0.25, 0.3) is 0 Å². The van der Waals surface area contributed by atoms with Gasteiger partial charge in [-0.15, -0.1) is 0 Å². The second kappa shape index (κ2) is 5.27. The van der Waals surface area contributed by atoms with Gasteiger partial charge in [-0.3, -0.25) is 0 Å². The number of aromatic amines is 1. The quantitative estimate of drug-likeness (QED) is 0.873. The van der Waals surface area contributed by atoms with Crippen molar-refractivity contribution in [3.63, 3.8) is 0 Å². The summed E-state index contributed by atoms with van der Waals surface area (Å²) in [6.07, 6.45) is 1.24. The molecule has 19 heavy (non-hydrogen) atoms. The average Bonchev–Trinajstić information content (AvgIpc) is 2.96. The molecule has 102 valence electrons. The van der Waals surface area contributed by atoms with Crippen molar-refractivity contribution in [3.8, 4) is 0 Å². The third-order valence-corrected chi connectivity index (χ3v) is 4.63. The summed E-state index contributed by atoms with van der Waals surface area (Å²) in [6.45, 7) is 6.67. The second-order valence-corrected chi connectivity index (χ2v) is 6.02. The van der Waals surface area contributed by atoms with Gasteiger partial charge in [-0.25, -0.2) is 0 Å². The van der Waals surface area contributed by atoms with E-state index in [1.165, 1.54) is 13.0 Å². The van der Waals surface area contributed by atoms with E-state index in [1.54, 1.807) is 0 Å². The van der Waals surface area contributed by atoms with Crippen LogP contribution >= 0.6 is 23.8 Å². The van der Waals surface area contributed by atoms with E-state index in [9.17, 15) is 0 Å². The van der Waals surface area contributed by atoms with Gasteiger partial charge in [-0.05, 0) is 49.8 Å². The number of halogens is 1. The van der Waals surface area contributed by atoms with E-state index in [0.717, 1.165) is 40.5 Å². The minimum atomic E-state index is 0.668. The van der Waals surface area contributed by atoms with E-state index < -0.39 is 0 Å². The number of hydrogen-bond donors (Lipinski definition) is 1. The SMILES string of the molecule is CCN1CCC(Cn2c(=S)[nH]c3cccc(Cl)c32)C1. The van der Waals surface area contributed by atoms with Crippen LogP contribution in [0.4, 0.5) is 0 Å². The van der Waals surface area contributed by atoms with Crippen LogP contribution in [-0.2, 0) is 6.54 Å². The molecule has 3 rings (SSSR count). The first-order valence-corrected chi connectivity index (χ1v) is 7.57. The normalized spacial score (nSPS) is 20.4. The summed E-state index contributed by atoms with van der Waals surface area (Å²) < 4.78 is 2.94. The summed E-state index contributed by atoms with van der Waals surface area (Å²) >= 11 is 11.8. The fourth-order valence-corrected chi connectivity index (χ4v) is 3.51. The Morgan fingerprint density at radius 3 is 3.05 bits per heavy atom. The average molecular weight is 296 g/mol. The van der Waals surface area contributed by atoms with Crippen LogP contribution in [0.2, 0.25) is 5.02 Å². The topological polar surface area (TPSA) is 24.0 Å². The molecular formula is C14H18ClN3S. The molecule has 1 saturated heterocycles. The predicted molar refractivity (Wildman–Crippen MR) is 82.4 cm³/mol. The first-order chi connectivity index (χ1) is 9.19. The standard InChI is InChI=1S/C14H18ClN3S/c1-2-17-7-6-10(8-17)9-18-13-11(15)4-3-5-12(13)16-14(18)19/h3-5,10H,2,6-9H2,1H3,(H,16,19). The number of nitrogens with zero attached hydrogens (tertiary/aromatic N) is 2. The molecule has 2 aromatic rings. The van der Waals surface area contributed by atoms with Crippen molar-refractivity contribution < 1.29 is 0 Å². The first-order valence-electron chi connectivity index (χ1n) is 6.78. The monoisotopic (exact) mass is 295 g/mol. The third kappa shape index (κ3) is 2.45. The van der Waals surface area contributed by atoms with Crippen LogP contribution in [0.15, 0.2) is 18.2 Å². The fourth-order valence-electron chi connectivity index (χ4n) is 2.96. The van der Waals surface area contributed by atoms with E-state index in [-0.39, 0.29) is 0 Å². The summed E-state index contributed by atoms with van der Waals surface area (Å²) in [5, 5.41) is 0.773. The van der Waals surface area contributed by atoms with Crippen molar-refractivity contribution in [2.45, 2.75) is 19.9 Å². The lowest BCUT2D eigenvalue weighted by atomic mass is 10.1. The first kappa shape index (κ1) is 13.2. The lowest BCUT2D eigenvalue weighted by molar-refractivity contribution is 0.333. The molecule has 0 radical (unpaired) electrons. The predicted octanol–water partition coefficient (Wildman–Crippen LogP) is 3.69. The number of H-pyrrole nitrogens is 1. The zero-order chi connectivity index (χ0) is 13.4. The van der Waals surface area contributed by atoms with Gasteiger partial charge in [-0.2, -0.15) is 0 Å². The molecule has 0 aliphatic carbocycles. The molecule has 1 N–H and O–H groups in total. The van der Waals surface area contributed by atoms with Gasteiger partial charge >= 0.3 is 0 Å². The minimum Gasteiger partial charge on any atom is -0.331 e. The lowest BCUT2D eigenvalue weighted by Gasteiger charge is -2.14. The highest BCUT2D eigenvalue weighted by Crippen LogP contribution is 2.26. The maximum atomic E-state index is 6.32. The molecule has 0 spiro atoms. The number of hydrogen-bond acceptors (Lipinski definition) is 2. The van der Waals surface area contributed by atoms with Crippen molar-refractivity contribution in [2.24, 2.45) is 5.92 Å². The van der Waals surface area contributed by atoms with E-state index in [2.05, 4.69) is 21.4 Å². The van der Waals surface area contributed by atoms with Crippen LogP contribution in [0.1, 0.15) is 13.3 Å².